The number of rotatable bonds is 7. The SMILES string of the molecule is Cn1ncc(N2CCC(C(=O)NCCCN3CCN(c4ccccc4F)CC3)CC2)cc1=O. The molecule has 2 fully saturated rings. The van der Waals surface area contributed by atoms with Crippen molar-refractivity contribution in [2.24, 2.45) is 13.0 Å². The highest BCUT2D eigenvalue weighted by atomic mass is 19.1. The van der Waals surface area contributed by atoms with Gasteiger partial charge >= 0.3 is 0 Å². The van der Waals surface area contributed by atoms with Crippen molar-refractivity contribution >= 4 is 17.3 Å². The number of halogens is 1. The maximum atomic E-state index is 14.0. The van der Waals surface area contributed by atoms with Crippen molar-refractivity contribution in [3.63, 3.8) is 0 Å². The first-order valence-electron chi connectivity index (χ1n) is 11.8. The molecule has 0 bridgehead atoms. The fourth-order valence-electron chi connectivity index (χ4n) is 4.61. The van der Waals surface area contributed by atoms with Gasteiger partial charge in [-0.05, 0) is 37.9 Å². The Morgan fingerprint density at radius 3 is 2.52 bits per heavy atom. The third-order valence-corrected chi connectivity index (χ3v) is 6.70. The number of aryl methyl sites for hydroxylation is 1. The van der Waals surface area contributed by atoms with Gasteiger partial charge in [0, 0.05) is 64.8 Å². The number of piperazine rings is 1. The highest BCUT2D eigenvalue weighted by molar-refractivity contribution is 5.79. The summed E-state index contributed by atoms with van der Waals surface area (Å²) in [6, 6.07) is 8.54. The number of hydrogen-bond acceptors (Lipinski definition) is 6. The number of para-hydroxylation sites is 1. The molecule has 2 aliphatic heterocycles. The summed E-state index contributed by atoms with van der Waals surface area (Å²) in [5, 5.41) is 7.18. The first kappa shape index (κ1) is 23.2. The number of aromatic nitrogens is 2. The smallest absolute Gasteiger partial charge is 0.268 e. The van der Waals surface area contributed by atoms with Crippen LogP contribution in [0.5, 0.6) is 0 Å². The van der Waals surface area contributed by atoms with E-state index in [2.05, 4.69) is 25.1 Å². The third kappa shape index (κ3) is 5.90. The average Bonchev–Trinajstić information content (AvgIpc) is 2.84. The predicted molar refractivity (Wildman–Crippen MR) is 127 cm³/mol. The fraction of sp³-hybridized carbons (Fsp3) is 0.542. The molecule has 0 aliphatic carbocycles. The second kappa shape index (κ2) is 10.8. The molecule has 0 saturated carbocycles. The van der Waals surface area contributed by atoms with Crippen LogP contribution < -0.4 is 20.7 Å². The molecule has 2 saturated heterocycles. The van der Waals surface area contributed by atoms with Crippen molar-refractivity contribution in [3.8, 4) is 0 Å². The maximum Gasteiger partial charge on any atom is 0.268 e. The molecule has 1 aromatic heterocycles. The third-order valence-electron chi connectivity index (χ3n) is 6.70. The number of benzene rings is 1. The van der Waals surface area contributed by atoms with Crippen molar-refractivity contribution in [1.29, 1.82) is 0 Å². The summed E-state index contributed by atoms with van der Waals surface area (Å²) < 4.78 is 15.3. The lowest BCUT2D eigenvalue weighted by Crippen LogP contribution is -2.47. The summed E-state index contributed by atoms with van der Waals surface area (Å²) in [6.45, 7) is 6.53. The zero-order valence-electron chi connectivity index (χ0n) is 19.3. The minimum absolute atomic E-state index is 0.0186. The van der Waals surface area contributed by atoms with E-state index < -0.39 is 0 Å². The Morgan fingerprint density at radius 1 is 1.09 bits per heavy atom. The molecule has 2 aliphatic rings. The normalized spacial score (nSPS) is 17.9. The van der Waals surface area contributed by atoms with Crippen molar-refractivity contribution in [1.82, 2.24) is 20.0 Å². The molecule has 0 spiro atoms. The number of nitrogens with zero attached hydrogens (tertiary/aromatic N) is 5. The summed E-state index contributed by atoms with van der Waals surface area (Å²) >= 11 is 0. The number of carbonyl (C=O) groups is 1. The van der Waals surface area contributed by atoms with Crippen molar-refractivity contribution in [3.05, 3.63) is 52.7 Å². The van der Waals surface area contributed by atoms with E-state index in [1.807, 2.05) is 12.1 Å². The zero-order chi connectivity index (χ0) is 23.2. The van der Waals surface area contributed by atoms with Crippen molar-refractivity contribution < 1.29 is 9.18 Å². The molecule has 178 valence electrons. The van der Waals surface area contributed by atoms with Crippen LogP contribution in [0.2, 0.25) is 0 Å². The van der Waals surface area contributed by atoms with Gasteiger partial charge in [-0.25, -0.2) is 9.07 Å². The second-order valence-corrected chi connectivity index (χ2v) is 8.86. The molecule has 9 heteroatoms. The lowest BCUT2D eigenvalue weighted by molar-refractivity contribution is -0.125. The molecule has 0 unspecified atom stereocenters. The standard InChI is InChI=1S/C24H33FN6O2/c1-28-23(32)17-20(18-27-28)30-11-7-19(8-12-30)24(33)26-9-4-10-29-13-15-31(16-14-29)22-6-3-2-5-21(22)25/h2-3,5-6,17-19H,4,7-16H2,1H3,(H,26,33). The van der Waals surface area contributed by atoms with Crippen LogP contribution in [-0.4, -0.2) is 72.9 Å². The molecule has 1 amide bonds. The maximum absolute atomic E-state index is 14.0. The Bertz CT molecular complexity index is 996. The largest absolute Gasteiger partial charge is 0.370 e. The minimum atomic E-state index is -0.163. The highest BCUT2D eigenvalue weighted by Crippen LogP contribution is 2.22. The number of amides is 1. The van der Waals surface area contributed by atoms with Gasteiger partial charge < -0.3 is 15.1 Å². The quantitative estimate of drug-likeness (QED) is 0.636. The lowest BCUT2D eigenvalue weighted by atomic mass is 9.95. The molecule has 8 nitrogen and oxygen atoms in total. The highest BCUT2D eigenvalue weighted by Gasteiger charge is 2.25. The van der Waals surface area contributed by atoms with Gasteiger partial charge in [-0.2, -0.15) is 5.10 Å². The van der Waals surface area contributed by atoms with E-state index in [1.54, 1.807) is 25.4 Å². The van der Waals surface area contributed by atoms with Crippen LogP contribution in [0.1, 0.15) is 19.3 Å². The van der Waals surface area contributed by atoms with Crippen LogP contribution in [-0.2, 0) is 11.8 Å². The van der Waals surface area contributed by atoms with E-state index in [0.717, 1.165) is 70.8 Å². The van der Waals surface area contributed by atoms with Gasteiger partial charge in [-0.3, -0.25) is 14.5 Å². The average molecular weight is 457 g/mol. The topological polar surface area (TPSA) is 73.7 Å². The van der Waals surface area contributed by atoms with E-state index in [9.17, 15) is 14.0 Å². The van der Waals surface area contributed by atoms with Crippen molar-refractivity contribution in [2.45, 2.75) is 19.3 Å². The van der Waals surface area contributed by atoms with Crippen LogP contribution in [0.25, 0.3) is 0 Å². The lowest BCUT2D eigenvalue weighted by Gasteiger charge is -2.36. The van der Waals surface area contributed by atoms with Gasteiger partial charge in [0.25, 0.3) is 5.56 Å². The number of hydrogen-bond donors (Lipinski definition) is 1. The monoisotopic (exact) mass is 456 g/mol. The summed E-state index contributed by atoms with van der Waals surface area (Å²) in [5.41, 5.74) is 1.38. The van der Waals surface area contributed by atoms with E-state index in [-0.39, 0.29) is 23.2 Å². The van der Waals surface area contributed by atoms with Gasteiger partial charge in [0.15, 0.2) is 0 Å². The summed E-state index contributed by atoms with van der Waals surface area (Å²) in [4.78, 5) is 31.0. The number of piperidine rings is 1. The number of anilines is 2. The molecule has 1 N–H and O–H groups in total. The zero-order valence-corrected chi connectivity index (χ0v) is 19.3. The van der Waals surface area contributed by atoms with E-state index in [0.29, 0.717) is 12.2 Å². The van der Waals surface area contributed by atoms with Gasteiger partial charge in [-0.15, -0.1) is 0 Å². The van der Waals surface area contributed by atoms with E-state index >= 15 is 0 Å². The van der Waals surface area contributed by atoms with Crippen LogP contribution >= 0.6 is 0 Å². The molecule has 2 aromatic rings. The van der Waals surface area contributed by atoms with Crippen LogP contribution in [0.15, 0.2) is 41.3 Å². The van der Waals surface area contributed by atoms with Gasteiger partial charge in [0.1, 0.15) is 5.82 Å². The molecule has 33 heavy (non-hydrogen) atoms. The van der Waals surface area contributed by atoms with Crippen LogP contribution in [0.3, 0.4) is 0 Å². The number of nitrogens with one attached hydrogen (secondary N) is 1. The molecular formula is C24H33FN6O2. The Kier molecular flexibility index (Phi) is 7.59. The Hall–Kier alpha value is -2.94. The fourth-order valence-corrected chi connectivity index (χ4v) is 4.61. The van der Waals surface area contributed by atoms with Gasteiger partial charge in [0.05, 0.1) is 17.6 Å². The Labute approximate surface area is 194 Å². The first-order chi connectivity index (χ1) is 16.0. The molecule has 0 radical (unpaired) electrons. The minimum Gasteiger partial charge on any atom is -0.370 e. The van der Waals surface area contributed by atoms with Crippen LogP contribution in [0.4, 0.5) is 15.8 Å². The molecule has 3 heterocycles. The second-order valence-electron chi connectivity index (χ2n) is 8.86. The molecule has 0 atom stereocenters. The van der Waals surface area contributed by atoms with Crippen molar-refractivity contribution in [2.75, 3.05) is 62.2 Å². The Morgan fingerprint density at radius 2 is 1.82 bits per heavy atom. The van der Waals surface area contributed by atoms with Gasteiger partial charge in [-0.1, -0.05) is 12.1 Å². The van der Waals surface area contributed by atoms with Crippen LogP contribution in [0, 0.1) is 11.7 Å². The summed E-state index contributed by atoms with van der Waals surface area (Å²) in [6.07, 6.45) is 4.17. The molecule has 1 aromatic carbocycles. The van der Waals surface area contributed by atoms with E-state index in [4.69, 9.17) is 0 Å². The first-order valence-corrected chi connectivity index (χ1v) is 11.8. The molecular weight excluding hydrogens is 423 g/mol. The van der Waals surface area contributed by atoms with Gasteiger partial charge in [0.2, 0.25) is 5.91 Å². The summed E-state index contributed by atoms with van der Waals surface area (Å²) in [5.74, 6) is -0.0182. The summed E-state index contributed by atoms with van der Waals surface area (Å²) in [7, 11) is 1.63. The van der Waals surface area contributed by atoms with E-state index in [1.165, 1.54) is 10.7 Å². The predicted octanol–water partition coefficient (Wildman–Crippen LogP) is 1.46. The Balaban J connectivity index is 1.12. The molecule has 4 rings (SSSR count). The number of carbonyl (C=O) groups excluding carboxylic acids is 1.